The molecule has 0 aliphatic rings. The minimum Gasteiger partial charge on any atom is -0.481 e. The summed E-state index contributed by atoms with van der Waals surface area (Å²) >= 11 is 0. The molecule has 0 saturated carbocycles. The molecule has 0 amide bonds. The Morgan fingerprint density at radius 3 is 2.26 bits per heavy atom. The number of carboxylic acids is 2. The second kappa shape index (κ2) is 9.13. The average Bonchev–Trinajstić information content (AvgIpc) is 2.32. The second-order valence-electron chi connectivity index (χ2n) is 4.13. The molecule has 0 aromatic heterocycles. The van der Waals surface area contributed by atoms with E-state index >= 15 is 0 Å². The molecule has 1 atom stereocenters. The van der Waals surface area contributed by atoms with Gasteiger partial charge in [0.2, 0.25) is 0 Å². The van der Waals surface area contributed by atoms with Crippen LogP contribution in [0.3, 0.4) is 0 Å². The van der Waals surface area contributed by atoms with E-state index in [1.807, 2.05) is 0 Å². The molecule has 0 rings (SSSR count). The number of unbranched alkanes of at least 4 members (excludes halogenated alkanes) is 2. The quantitative estimate of drug-likeness (QED) is 0.357. The standard InChI is InChI=1S/C13H20O6/c1-3-19-11(14)8-6-4-5-7-10(13(17)18)9(2)12(15)16/h10H,2-8H2,1H3,(H,15,16)(H,17,18)/t10-/m1/s1. The van der Waals surface area contributed by atoms with E-state index in [9.17, 15) is 14.4 Å². The van der Waals surface area contributed by atoms with Crippen LogP contribution in [0.1, 0.15) is 39.0 Å². The van der Waals surface area contributed by atoms with E-state index in [1.54, 1.807) is 6.92 Å². The van der Waals surface area contributed by atoms with Gasteiger partial charge in [0, 0.05) is 12.0 Å². The summed E-state index contributed by atoms with van der Waals surface area (Å²) in [4.78, 5) is 32.6. The highest BCUT2D eigenvalue weighted by Gasteiger charge is 2.24. The van der Waals surface area contributed by atoms with Crippen molar-refractivity contribution in [3.63, 3.8) is 0 Å². The van der Waals surface area contributed by atoms with Crippen molar-refractivity contribution in [2.75, 3.05) is 6.61 Å². The average molecular weight is 272 g/mol. The number of carbonyl (C=O) groups excluding carboxylic acids is 1. The van der Waals surface area contributed by atoms with Crippen LogP contribution in [0.2, 0.25) is 0 Å². The zero-order chi connectivity index (χ0) is 14.8. The molecule has 6 nitrogen and oxygen atoms in total. The summed E-state index contributed by atoms with van der Waals surface area (Å²) in [5.74, 6) is -3.82. The summed E-state index contributed by atoms with van der Waals surface area (Å²) < 4.78 is 4.75. The van der Waals surface area contributed by atoms with Crippen LogP contribution in [0.15, 0.2) is 12.2 Å². The summed E-state index contributed by atoms with van der Waals surface area (Å²) in [5, 5.41) is 17.6. The van der Waals surface area contributed by atoms with Gasteiger partial charge in [-0.3, -0.25) is 9.59 Å². The predicted octanol–water partition coefficient (Wildman–Crippen LogP) is 1.84. The van der Waals surface area contributed by atoms with Crippen LogP contribution in [0.25, 0.3) is 0 Å². The largest absolute Gasteiger partial charge is 0.481 e. The first kappa shape index (κ1) is 17.2. The van der Waals surface area contributed by atoms with Gasteiger partial charge < -0.3 is 14.9 Å². The van der Waals surface area contributed by atoms with Crippen LogP contribution in [0.4, 0.5) is 0 Å². The Bertz CT molecular complexity index is 347. The highest BCUT2D eigenvalue weighted by atomic mass is 16.5. The fourth-order valence-corrected chi connectivity index (χ4v) is 1.62. The minimum atomic E-state index is -1.29. The molecule has 0 bridgehead atoms. The fraction of sp³-hybridized carbons (Fsp3) is 0.615. The first-order valence-electron chi connectivity index (χ1n) is 6.20. The Hall–Kier alpha value is -1.85. The molecule has 2 N–H and O–H groups in total. The van der Waals surface area contributed by atoms with Crippen molar-refractivity contribution in [3.05, 3.63) is 12.2 Å². The molecule has 0 unspecified atom stereocenters. The lowest BCUT2D eigenvalue weighted by Gasteiger charge is -2.11. The zero-order valence-corrected chi connectivity index (χ0v) is 11.1. The van der Waals surface area contributed by atoms with Crippen molar-refractivity contribution < 1.29 is 29.3 Å². The molecule has 0 saturated heterocycles. The summed E-state index contributed by atoms with van der Waals surface area (Å²) in [6.45, 7) is 5.35. The number of rotatable bonds is 10. The highest BCUT2D eigenvalue weighted by Crippen LogP contribution is 2.18. The first-order valence-corrected chi connectivity index (χ1v) is 6.20. The molecule has 6 heteroatoms. The molecule has 108 valence electrons. The van der Waals surface area contributed by atoms with Crippen LogP contribution < -0.4 is 0 Å². The molecule has 0 fully saturated rings. The highest BCUT2D eigenvalue weighted by molar-refractivity contribution is 5.93. The van der Waals surface area contributed by atoms with Gasteiger partial charge in [-0.15, -0.1) is 0 Å². The van der Waals surface area contributed by atoms with Crippen molar-refractivity contribution in [2.45, 2.75) is 39.0 Å². The predicted molar refractivity (Wildman–Crippen MR) is 67.6 cm³/mol. The topological polar surface area (TPSA) is 101 Å². The third-order valence-electron chi connectivity index (χ3n) is 2.67. The Morgan fingerprint density at radius 2 is 1.79 bits per heavy atom. The number of esters is 1. The molecular weight excluding hydrogens is 252 g/mol. The van der Waals surface area contributed by atoms with E-state index in [0.717, 1.165) is 0 Å². The Balaban J connectivity index is 3.96. The molecule has 0 aromatic carbocycles. The van der Waals surface area contributed by atoms with Crippen molar-refractivity contribution in [2.24, 2.45) is 5.92 Å². The number of hydrogen-bond acceptors (Lipinski definition) is 4. The smallest absolute Gasteiger partial charge is 0.331 e. The number of ether oxygens (including phenoxy) is 1. The lowest BCUT2D eigenvalue weighted by molar-refractivity contribution is -0.144. The van der Waals surface area contributed by atoms with Gasteiger partial charge in [0.1, 0.15) is 0 Å². The third kappa shape index (κ3) is 7.23. The van der Waals surface area contributed by atoms with Gasteiger partial charge in [0.05, 0.1) is 12.5 Å². The normalized spacial score (nSPS) is 11.6. The number of hydrogen-bond donors (Lipinski definition) is 2. The van der Waals surface area contributed by atoms with Gasteiger partial charge in [-0.25, -0.2) is 4.79 Å². The van der Waals surface area contributed by atoms with Gasteiger partial charge in [-0.2, -0.15) is 0 Å². The Labute approximate surface area is 112 Å². The van der Waals surface area contributed by atoms with E-state index in [-0.39, 0.29) is 18.0 Å². The van der Waals surface area contributed by atoms with E-state index in [1.165, 1.54) is 0 Å². The van der Waals surface area contributed by atoms with Crippen molar-refractivity contribution in [1.29, 1.82) is 0 Å². The lowest BCUT2D eigenvalue weighted by Crippen LogP contribution is -2.20. The molecule has 0 radical (unpaired) electrons. The number of carboxylic acid groups (broad SMARTS) is 2. The summed E-state index contributed by atoms with van der Waals surface area (Å²) in [6, 6.07) is 0. The molecule has 19 heavy (non-hydrogen) atoms. The first-order chi connectivity index (χ1) is 8.90. The van der Waals surface area contributed by atoms with Gasteiger partial charge in [-0.1, -0.05) is 19.4 Å². The monoisotopic (exact) mass is 272 g/mol. The van der Waals surface area contributed by atoms with Crippen LogP contribution in [-0.4, -0.2) is 34.7 Å². The maximum atomic E-state index is 11.0. The van der Waals surface area contributed by atoms with E-state index < -0.39 is 17.9 Å². The van der Waals surface area contributed by atoms with Crippen molar-refractivity contribution >= 4 is 17.9 Å². The minimum absolute atomic E-state index is 0.212. The zero-order valence-electron chi connectivity index (χ0n) is 11.1. The SMILES string of the molecule is C=C(C(=O)O)[C@@H](CCCCCC(=O)OCC)C(=O)O. The molecule has 0 aromatic rings. The number of aliphatic carboxylic acids is 2. The summed E-state index contributed by atoms with van der Waals surface area (Å²) in [7, 11) is 0. The van der Waals surface area contributed by atoms with Gasteiger partial charge >= 0.3 is 17.9 Å². The van der Waals surface area contributed by atoms with Gasteiger partial charge in [0.15, 0.2) is 0 Å². The second-order valence-corrected chi connectivity index (χ2v) is 4.13. The van der Waals surface area contributed by atoms with Gasteiger partial charge in [-0.05, 0) is 19.8 Å². The maximum absolute atomic E-state index is 11.0. The lowest BCUT2D eigenvalue weighted by atomic mass is 9.94. The fourth-order valence-electron chi connectivity index (χ4n) is 1.62. The molecule has 0 heterocycles. The van der Waals surface area contributed by atoms with E-state index in [4.69, 9.17) is 14.9 Å². The van der Waals surface area contributed by atoms with Crippen LogP contribution in [-0.2, 0) is 19.1 Å². The third-order valence-corrected chi connectivity index (χ3v) is 2.67. The Kier molecular flexibility index (Phi) is 8.24. The summed E-state index contributed by atoms with van der Waals surface area (Å²) in [6.07, 6.45) is 2.29. The van der Waals surface area contributed by atoms with Crippen molar-refractivity contribution in [1.82, 2.24) is 0 Å². The van der Waals surface area contributed by atoms with Crippen molar-refractivity contribution in [3.8, 4) is 0 Å². The molecule has 0 aliphatic heterocycles. The van der Waals surface area contributed by atoms with Gasteiger partial charge in [0.25, 0.3) is 0 Å². The Morgan fingerprint density at radius 1 is 1.16 bits per heavy atom. The molecule has 0 spiro atoms. The molecule has 0 aliphatic carbocycles. The maximum Gasteiger partial charge on any atom is 0.331 e. The van der Waals surface area contributed by atoms with Crippen LogP contribution >= 0.6 is 0 Å². The molecular formula is C13H20O6. The van der Waals surface area contributed by atoms with Crippen LogP contribution in [0, 0.1) is 5.92 Å². The van der Waals surface area contributed by atoms with E-state index in [0.29, 0.717) is 32.3 Å². The number of carbonyl (C=O) groups is 3. The van der Waals surface area contributed by atoms with E-state index in [2.05, 4.69) is 6.58 Å². The van der Waals surface area contributed by atoms with Crippen LogP contribution in [0.5, 0.6) is 0 Å². The summed E-state index contributed by atoms with van der Waals surface area (Å²) in [5.41, 5.74) is -0.308.